The van der Waals surface area contributed by atoms with E-state index in [1.165, 1.54) is 0 Å². The van der Waals surface area contributed by atoms with Gasteiger partial charge in [0, 0.05) is 18.7 Å². The average molecular weight is 217 g/mol. The number of rotatable bonds is 3. The van der Waals surface area contributed by atoms with E-state index in [2.05, 4.69) is 0 Å². The molecule has 4 heteroatoms. The zero-order valence-corrected chi connectivity index (χ0v) is 9.07. The number of nitrogens with two attached hydrogens (primary N) is 1. The van der Waals surface area contributed by atoms with Crippen molar-refractivity contribution in [2.45, 2.75) is 19.3 Å². The lowest BCUT2D eigenvalue weighted by atomic mass is 10.1. The van der Waals surface area contributed by atoms with E-state index in [4.69, 9.17) is 11.1 Å². The molecular formula is C12H15N3O. The Balaban J connectivity index is 2.12. The second-order valence-corrected chi connectivity index (χ2v) is 4.01. The Labute approximate surface area is 94.6 Å². The topological polar surface area (TPSA) is 70.2 Å². The quantitative estimate of drug-likeness (QED) is 0.801. The van der Waals surface area contributed by atoms with Crippen LogP contribution in [0.25, 0.3) is 0 Å². The van der Waals surface area contributed by atoms with Crippen LogP contribution in [0.1, 0.15) is 18.4 Å². The molecule has 1 fully saturated rings. The fraction of sp³-hybridized carbons (Fsp3) is 0.333. The van der Waals surface area contributed by atoms with Gasteiger partial charge in [-0.3, -0.25) is 10.2 Å². The number of nitrogens with one attached hydrogen (secondary N) is 1. The van der Waals surface area contributed by atoms with E-state index in [0.717, 1.165) is 30.6 Å². The van der Waals surface area contributed by atoms with E-state index in [9.17, 15) is 4.79 Å². The van der Waals surface area contributed by atoms with Crippen LogP contribution in [0.4, 0.5) is 5.69 Å². The first-order chi connectivity index (χ1) is 7.66. The molecule has 3 N–H and O–H groups in total. The molecule has 2 rings (SSSR count). The van der Waals surface area contributed by atoms with E-state index in [0.29, 0.717) is 5.84 Å². The monoisotopic (exact) mass is 217 g/mol. The Morgan fingerprint density at radius 2 is 2.06 bits per heavy atom. The molecule has 0 bridgehead atoms. The summed E-state index contributed by atoms with van der Waals surface area (Å²) in [5.41, 5.74) is 7.07. The number of hydrogen-bond donors (Lipinski definition) is 2. The van der Waals surface area contributed by atoms with Gasteiger partial charge in [0.15, 0.2) is 0 Å². The van der Waals surface area contributed by atoms with Crippen LogP contribution in [-0.4, -0.2) is 18.3 Å². The highest BCUT2D eigenvalue weighted by atomic mass is 16.1. The lowest BCUT2D eigenvalue weighted by Crippen LogP contribution is -2.23. The van der Waals surface area contributed by atoms with E-state index >= 15 is 0 Å². The minimum absolute atomic E-state index is 0.276. The first-order valence-corrected chi connectivity index (χ1v) is 5.39. The molecule has 0 atom stereocenters. The van der Waals surface area contributed by atoms with Gasteiger partial charge in [-0.05, 0) is 24.1 Å². The Morgan fingerprint density at radius 3 is 2.56 bits per heavy atom. The van der Waals surface area contributed by atoms with Crippen LogP contribution in [0.5, 0.6) is 0 Å². The summed E-state index contributed by atoms with van der Waals surface area (Å²) in [5, 5.41) is 7.76. The Bertz CT molecular complexity index is 411. The molecule has 1 saturated heterocycles. The highest BCUT2D eigenvalue weighted by Crippen LogP contribution is 2.21. The first kappa shape index (κ1) is 10.7. The molecule has 0 unspecified atom stereocenters. The number of benzene rings is 1. The van der Waals surface area contributed by atoms with E-state index in [-0.39, 0.29) is 12.3 Å². The van der Waals surface area contributed by atoms with Crippen LogP contribution in [0, 0.1) is 5.41 Å². The largest absolute Gasteiger partial charge is 0.369 e. The third-order valence-electron chi connectivity index (χ3n) is 2.75. The summed E-state index contributed by atoms with van der Waals surface area (Å²) in [6.07, 6.45) is 2.17. The van der Waals surface area contributed by atoms with Crippen molar-refractivity contribution >= 4 is 17.4 Å². The molecular weight excluding hydrogens is 202 g/mol. The fourth-order valence-corrected chi connectivity index (χ4v) is 1.95. The van der Waals surface area contributed by atoms with Gasteiger partial charge in [-0.2, -0.15) is 0 Å². The third kappa shape index (κ3) is 2.21. The predicted molar refractivity (Wildman–Crippen MR) is 63.6 cm³/mol. The van der Waals surface area contributed by atoms with Crippen molar-refractivity contribution in [1.29, 1.82) is 5.41 Å². The van der Waals surface area contributed by atoms with Gasteiger partial charge in [0.25, 0.3) is 0 Å². The average Bonchev–Trinajstić information content (AvgIpc) is 2.65. The SMILES string of the molecule is N=C1CCCN1c1ccc(CC(N)=O)cc1. The number of hydrogen-bond acceptors (Lipinski definition) is 2. The van der Waals surface area contributed by atoms with Gasteiger partial charge in [0.2, 0.25) is 5.91 Å². The van der Waals surface area contributed by atoms with Crippen LogP contribution in [0.3, 0.4) is 0 Å². The van der Waals surface area contributed by atoms with Crippen molar-refractivity contribution < 1.29 is 4.79 Å². The zero-order valence-electron chi connectivity index (χ0n) is 9.07. The van der Waals surface area contributed by atoms with Crippen LogP contribution in [0.15, 0.2) is 24.3 Å². The lowest BCUT2D eigenvalue weighted by molar-refractivity contribution is -0.117. The van der Waals surface area contributed by atoms with Gasteiger partial charge < -0.3 is 10.6 Å². The van der Waals surface area contributed by atoms with E-state index in [1.807, 2.05) is 29.2 Å². The van der Waals surface area contributed by atoms with Crippen molar-refractivity contribution in [3.8, 4) is 0 Å². The van der Waals surface area contributed by atoms with Gasteiger partial charge in [-0.25, -0.2) is 0 Å². The van der Waals surface area contributed by atoms with E-state index < -0.39 is 0 Å². The smallest absolute Gasteiger partial charge is 0.221 e. The molecule has 0 spiro atoms. The van der Waals surface area contributed by atoms with Gasteiger partial charge >= 0.3 is 0 Å². The van der Waals surface area contributed by atoms with Crippen LogP contribution < -0.4 is 10.6 Å². The van der Waals surface area contributed by atoms with Gasteiger partial charge in [-0.1, -0.05) is 12.1 Å². The standard InChI is InChI=1S/C12H15N3O/c13-11-2-1-7-15(11)10-5-3-9(4-6-10)8-12(14)16/h3-6,13H,1-2,7-8H2,(H2,14,16). The molecule has 1 aromatic carbocycles. The molecule has 1 aromatic rings. The van der Waals surface area contributed by atoms with Gasteiger partial charge in [0.05, 0.1) is 6.42 Å². The van der Waals surface area contributed by atoms with Crippen molar-refractivity contribution in [2.75, 3.05) is 11.4 Å². The number of amidine groups is 1. The van der Waals surface area contributed by atoms with Crippen molar-refractivity contribution in [3.63, 3.8) is 0 Å². The number of anilines is 1. The molecule has 1 aliphatic heterocycles. The Morgan fingerprint density at radius 1 is 1.38 bits per heavy atom. The first-order valence-electron chi connectivity index (χ1n) is 5.39. The maximum absolute atomic E-state index is 10.7. The molecule has 4 nitrogen and oxygen atoms in total. The summed E-state index contributed by atoms with van der Waals surface area (Å²) >= 11 is 0. The Kier molecular flexibility index (Phi) is 2.90. The number of carbonyl (C=O) groups excluding carboxylic acids is 1. The maximum atomic E-state index is 10.7. The molecule has 16 heavy (non-hydrogen) atoms. The van der Waals surface area contributed by atoms with Crippen molar-refractivity contribution in [2.24, 2.45) is 5.73 Å². The number of carbonyl (C=O) groups is 1. The lowest BCUT2D eigenvalue weighted by Gasteiger charge is -2.17. The number of nitrogens with zero attached hydrogens (tertiary/aromatic N) is 1. The second-order valence-electron chi connectivity index (χ2n) is 4.01. The minimum atomic E-state index is -0.318. The normalized spacial score (nSPS) is 15.5. The second kappa shape index (κ2) is 4.35. The van der Waals surface area contributed by atoms with Gasteiger partial charge in [0.1, 0.15) is 5.84 Å². The molecule has 0 aromatic heterocycles. The molecule has 1 amide bonds. The fourth-order valence-electron chi connectivity index (χ4n) is 1.95. The van der Waals surface area contributed by atoms with Crippen molar-refractivity contribution in [3.05, 3.63) is 29.8 Å². The highest BCUT2D eigenvalue weighted by Gasteiger charge is 2.17. The number of primary amides is 1. The van der Waals surface area contributed by atoms with Crippen molar-refractivity contribution in [1.82, 2.24) is 0 Å². The van der Waals surface area contributed by atoms with Crippen LogP contribution >= 0.6 is 0 Å². The predicted octanol–water partition coefficient (Wildman–Crippen LogP) is 1.29. The highest BCUT2D eigenvalue weighted by molar-refractivity contribution is 5.97. The van der Waals surface area contributed by atoms with Crippen LogP contribution in [-0.2, 0) is 11.2 Å². The Hall–Kier alpha value is -1.84. The molecule has 84 valence electrons. The van der Waals surface area contributed by atoms with Crippen LogP contribution in [0.2, 0.25) is 0 Å². The summed E-state index contributed by atoms with van der Waals surface area (Å²) in [6.45, 7) is 0.911. The minimum Gasteiger partial charge on any atom is -0.369 e. The summed E-state index contributed by atoms with van der Waals surface area (Å²) in [6, 6.07) is 7.67. The molecule has 0 radical (unpaired) electrons. The summed E-state index contributed by atoms with van der Waals surface area (Å²) in [4.78, 5) is 12.7. The molecule has 1 heterocycles. The number of amides is 1. The van der Waals surface area contributed by atoms with E-state index in [1.54, 1.807) is 0 Å². The molecule has 0 aliphatic carbocycles. The zero-order chi connectivity index (χ0) is 11.5. The summed E-state index contributed by atoms with van der Waals surface area (Å²) in [7, 11) is 0. The summed E-state index contributed by atoms with van der Waals surface area (Å²) in [5.74, 6) is 0.351. The van der Waals surface area contributed by atoms with Gasteiger partial charge in [-0.15, -0.1) is 0 Å². The molecule has 1 aliphatic rings. The third-order valence-corrected chi connectivity index (χ3v) is 2.75. The summed E-state index contributed by atoms with van der Waals surface area (Å²) < 4.78 is 0. The molecule has 0 saturated carbocycles. The maximum Gasteiger partial charge on any atom is 0.221 e.